The van der Waals surface area contributed by atoms with Gasteiger partial charge in [-0.3, -0.25) is 9.59 Å². The number of hydrogen-bond acceptors (Lipinski definition) is 5. The summed E-state index contributed by atoms with van der Waals surface area (Å²) in [5, 5.41) is 10.6. The summed E-state index contributed by atoms with van der Waals surface area (Å²) in [5.41, 5.74) is 0.588. The maximum atomic E-state index is 12.0. The Morgan fingerprint density at radius 2 is 1.88 bits per heavy atom. The first-order valence-corrected chi connectivity index (χ1v) is 6.33. The molecule has 0 radical (unpaired) electrons. The van der Waals surface area contributed by atoms with Crippen molar-refractivity contribution in [2.24, 2.45) is 0 Å². The van der Waals surface area contributed by atoms with Crippen LogP contribution in [0, 0.1) is 0 Å². The van der Waals surface area contributed by atoms with E-state index >= 15 is 0 Å². The van der Waals surface area contributed by atoms with Crippen LogP contribution in [0.5, 0.6) is 0 Å². The first kappa shape index (κ1) is 10.4. The zero-order valence-corrected chi connectivity index (χ0v) is 9.85. The van der Waals surface area contributed by atoms with Gasteiger partial charge in [0.25, 0.3) is 0 Å². The van der Waals surface area contributed by atoms with Gasteiger partial charge in [-0.25, -0.2) is 4.79 Å². The lowest BCUT2D eigenvalue weighted by molar-refractivity contribution is 0.0702. The van der Waals surface area contributed by atoms with Crippen molar-refractivity contribution in [2.45, 2.75) is 0 Å². The van der Waals surface area contributed by atoms with Crippen molar-refractivity contribution >= 4 is 40.2 Å². The zero-order chi connectivity index (χ0) is 12.2. The third-order valence-corrected chi connectivity index (χ3v) is 4.54. The fraction of sp³-hybridized carbons (Fsp3) is 0. The van der Waals surface area contributed by atoms with E-state index < -0.39 is 5.97 Å². The van der Waals surface area contributed by atoms with Crippen LogP contribution in [0.2, 0.25) is 0 Å². The van der Waals surface area contributed by atoms with E-state index in [9.17, 15) is 14.4 Å². The minimum absolute atomic E-state index is 0.0202. The summed E-state index contributed by atoms with van der Waals surface area (Å²) in [5.74, 6) is -1.63. The molecule has 0 atom stereocenters. The Kier molecular flexibility index (Phi) is 2.04. The number of hydrogen-bond donors (Lipinski definition) is 1. The summed E-state index contributed by atoms with van der Waals surface area (Å²) in [4.78, 5) is 35.5. The van der Waals surface area contributed by atoms with Gasteiger partial charge in [0, 0.05) is 11.1 Å². The lowest BCUT2D eigenvalue weighted by Crippen LogP contribution is -2.15. The van der Waals surface area contributed by atoms with Crippen molar-refractivity contribution in [3.05, 3.63) is 43.3 Å². The Hall–Kier alpha value is -1.79. The molecule has 0 amide bonds. The predicted octanol–water partition coefficient (Wildman–Crippen LogP) is 2.28. The summed E-state index contributed by atoms with van der Waals surface area (Å²) < 4.78 is 0. The van der Waals surface area contributed by atoms with Crippen LogP contribution < -0.4 is 0 Å². The van der Waals surface area contributed by atoms with Gasteiger partial charge in [0.15, 0.2) is 5.78 Å². The molecule has 6 heteroatoms. The van der Waals surface area contributed by atoms with Gasteiger partial charge < -0.3 is 5.11 Å². The maximum absolute atomic E-state index is 12.0. The monoisotopic (exact) mass is 264 g/mol. The highest BCUT2D eigenvalue weighted by Crippen LogP contribution is 2.35. The van der Waals surface area contributed by atoms with Gasteiger partial charge in [0.2, 0.25) is 5.78 Å². The van der Waals surface area contributed by atoms with Crippen molar-refractivity contribution in [2.75, 3.05) is 0 Å². The Bertz CT molecular complexity index is 629. The smallest absolute Gasteiger partial charge is 0.345 e. The van der Waals surface area contributed by atoms with Gasteiger partial charge >= 0.3 is 5.97 Å². The molecule has 0 aliphatic heterocycles. The lowest BCUT2D eigenvalue weighted by Gasteiger charge is -2.08. The maximum Gasteiger partial charge on any atom is 0.345 e. The molecule has 2 heterocycles. The SMILES string of the molecule is O=C(O)c1cc2c(s1)C(=O)c1sccc1C2=O. The van der Waals surface area contributed by atoms with Crippen LogP contribution in [0.3, 0.4) is 0 Å². The van der Waals surface area contributed by atoms with Crippen LogP contribution in [-0.4, -0.2) is 22.6 Å². The highest BCUT2D eigenvalue weighted by molar-refractivity contribution is 7.19. The number of carboxylic acids is 1. The average molecular weight is 264 g/mol. The summed E-state index contributed by atoms with van der Waals surface area (Å²) in [6.45, 7) is 0. The quantitative estimate of drug-likeness (QED) is 0.732. The number of ketones is 2. The summed E-state index contributed by atoms with van der Waals surface area (Å²) >= 11 is 2.07. The molecule has 0 fully saturated rings. The van der Waals surface area contributed by atoms with Crippen LogP contribution in [0.25, 0.3) is 0 Å². The first-order valence-electron chi connectivity index (χ1n) is 4.63. The van der Waals surface area contributed by atoms with Gasteiger partial charge in [-0.15, -0.1) is 22.7 Å². The van der Waals surface area contributed by atoms with E-state index in [1.54, 1.807) is 11.4 Å². The molecule has 17 heavy (non-hydrogen) atoms. The van der Waals surface area contributed by atoms with Crippen molar-refractivity contribution in [3.63, 3.8) is 0 Å². The number of carboxylic acid groups (broad SMARTS) is 1. The van der Waals surface area contributed by atoms with E-state index in [1.807, 2.05) is 0 Å². The molecule has 0 aromatic carbocycles. The van der Waals surface area contributed by atoms with Gasteiger partial charge in [-0.2, -0.15) is 0 Å². The van der Waals surface area contributed by atoms with Crippen molar-refractivity contribution < 1.29 is 19.5 Å². The largest absolute Gasteiger partial charge is 0.477 e. The topological polar surface area (TPSA) is 71.4 Å². The van der Waals surface area contributed by atoms with Crippen molar-refractivity contribution in [1.82, 2.24) is 0 Å². The summed E-state index contributed by atoms with van der Waals surface area (Å²) in [7, 11) is 0. The molecule has 1 N–H and O–H groups in total. The molecule has 1 aliphatic rings. The molecule has 0 spiro atoms. The van der Waals surface area contributed by atoms with Gasteiger partial charge in [-0.05, 0) is 17.5 Å². The number of thiophene rings is 2. The van der Waals surface area contributed by atoms with Crippen LogP contribution in [-0.2, 0) is 0 Å². The zero-order valence-electron chi connectivity index (χ0n) is 8.22. The number of aromatic carboxylic acids is 1. The Morgan fingerprint density at radius 3 is 2.59 bits per heavy atom. The van der Waals surface area contributed by atoms with Gasteiger partial charge in [-0.1, -0.05) is 0 Å². The molecule has 4 nitrogen and oxygen atoms in total. The minimum Gasteiger partial charge on any atom is -0.477 e. The molecular formula is C11H4O4S2. The van der Waals surface area contributed by atoms with Gasteiger partial charge in [0.05, 0.1) is 9.75 Å². The molecule has 0 bridgehead atoms. The van der Waals surface area contributed by atoms with E-state index in [1.165, 1.54) is 17.4 Å². The van der Waals surface area contributed by atoms with E-state index in [0.717, 1.165) is 11.3 Å². The molecule has 84 valence electrons. The molecular weight excluding hydrogens is 260 g/mol. The fourth-order valence-electron chi connectivity index (χ4n) is 1.75. The molecule has 0 saturated carbocycles. The Balaban J connectivity index is 2.27. The second-order valence-corrected chi connectivity index (χ2v) is 5.45. The van der Waals surface area contributed by atoms with Crippen molar-refractivity contribution in [3.8, 4) is 0 Å². The highest BCUT2D eigenvalue weighted by Gasteiger charge is 2.33. The minimum atomic E-state index is -1.12. The number of carbonyl (C=O) groups is 3. The summed E-state index contributed by atoms with van der Waals surface area (Å²) in [6.07, 6.45) is 0. The van der Waals surface area contributed by atoms with E-state index in [2.05, 4.69) is 0 Å². The lowest BCUT2D eigenvalue weighted by atomic mass is 9.95. The second-order valence-electron chi connectivity index (χ2n) is 3.48. The number of rotatable bonds is 1. The third kappa shape index (κ3) is 1.31. The first-order chi connectivity index (χ1) is 8.09. The average Bonchev–Trinajstić information content (AvgIpc) is 2.92. The number of carbonyl (C=O) groups excluding carboxylic acids is 2. The number of fused-ring (bicyclic) bond motifs is 2. The standard InChI is InChI=1S/C11H4O4S2/c12-7-4-1-2-16-9(4)8(13)10-5(7)3-6(17-10)11(14)15/h1-3H,(H,14,15). The van der Waals surface area contributed by atoms with Gasteiger partial charge in [0.1, 0.15) is 4.88 Å². The summed E-state index contributed by atoms with van der Waals surface area (Å²) in [6, 6.07) is 2.88. The van der Waals surface area contributed by atoms with E-state index in [4.69, 9.17) is 5.11 Å². The molecule has 0 saturated heterocycles. The van der Waals surface area contributed by atoms with E-state index in [0.29, 0.717) is 10.4 Å². The molecule has 2 aromatic heterocycles. The third-order valence-electron chi connectivity index (χ3n) is 2.51. The predicted molar refractivity (Wildman–Crippen MR) is 62.5 cm³/mol. The normalized spacial score (nSPS) is 13.4. The Morgan fingerprint density at radius 1 is 1.12 bits per heavy atom. The van der Waals surface area contributed by atoms with E-state index in [-0.39, 0.29) is 26.9 Å². The molecule has 0 unspecified atom stereocenters. The molecule has 2 aromatic rings. The van der Waals surface area contributed by atoms with Crippen molar-refractivity contribution in [1.29, 1.82) is 0 Å². The second kappa shape index (κ2) is 3.35. The van der Waals surface area contributed by atoms with Crippen LogP contribution >= 0.6 is 22.7 Å². The highest BCUT2D eigenvalue weighted by atomic mass is 32.1. The fourth-order valence-corrected chi connectivity index (χ4v) is 3.59. The van der Waals surface area contributed by atoms with Crippen LogP contribution in [0.15, 0.2) is 17.5 Å². The van der Waals surface area contributed by atoms with Crippen LogP contribution in [0.4, 0.5) is 0 Å². The molecule has 3 rings (SSSR count). The Labute approximate surface area is 103 Å². The van der Waals surface area contributed by atoms with Crippen LogP contribution in [0.1, 0.15) is 40.1 Å². The molecule has 1 aliphatic carbocycles.